The molecule has 1 aromatic heterocycles. The molecule has 0 aliphatic heterocycles. The van der Waals surface area contributed by atoms with Crippen LogP contribution in [0.2, 0.25) is 0 Å². The third-order valence-corrected chi connectivity index (χ3v) is 8.66. The minimum absolute atomic E-state index is 0.417. The summed E-state index contributed by atoms with van der Waals surface area (Å²) in [6, 6.07) is 48.0. The second-order valence-corrected chi connectivity index (χ2v) is 10.6. The van der Waals surface area contributed by atoms with Gasteiger partial charge in [-0.1, -0.05) is 103 Å². The van der Waals surface area contributed by atoms with E-state index in [2.05, 4.69) is 127 Å². The molecule has 182 valence electrons. The fourth-order valence-electron chi connectivity index (χ4n) is 7.17. The summed E-state index contributed by atoms with van der Waals surface area (Å²) in [5, 5.41) is 5.97. The number of para-hydroxylation sites is 2. The molecular formula is C37H23NO. The topological polar surface area (TPSA) is 25.2 Å². The summed E-state index contributed by atoms with van der Waals surface area (Å²) in [5.41, 5.74) is 14.0. The molecule has 0 bridgehead atoms. The lowest BCUT2D eigenvalue weighted by molar-refractivity contribution is 0.669. The monoisotopic (exact) mass is 497 g/mol. The van der Waals surface area contributed by atoms with Crippen LogP contribution in [0, 0.1) is 0 Å². The van der Waals surface area contributed by atoms with E-state index in [0.29, 0.717) is 0 Å². The minimum Gasteiger partial charge on any atom is -0.455 e. The first kappa shape index (κ1) is 20.9. The maximum absolute atomic E-state index is 6.62. The largest absolute Gasteiger partial charge is 0.455 e. The quantitative estimate of drug-likeness (QED) is 0.257. The van der Waals surface area contributed by atoms with Gasteiger partial charge in [0, 0.05) is 27.7 Å². The first-order chi connectivity index (χ1) is 19.3. The molecule has 0 amide bonds. The van der Waals surface area contributed by atoms with Gasteiger partial charge in [0.25, 0.3) is 0 Å². The van der Waals surface area contributed by atoms with Crippen molar-refractivity contribution in [3.05, 3.63) is 156 Å². The highest BCUT2D eigenvalue weighted by Gasteiger charge is 2.52. The highest BCUT2D eigenvalue weighted by atomic mass is 16.3. The molecule has 6 aromatic carbocycles. The summed E-state index contributed by atoms with van der Waals surface area (Å²) >= 11 is 0. The Kier molecular flexibility index (Phi) is 4.02. The molecule has 9 rings (SSSR count). The van der Waals surface area contributed by atoms with E-state index < -0.39 is 5.41 Å². The molecule has 0 fully saturated rings. The maximum atomic E-state index is 6.62. The fourth-order valence-corrected chi connectivity index (χ4v) is 7.17. The van der Waals surface area contributed by atoms with Crippen molar-refractivity contribution < 1.29 is 4.42 Å². The summed E-state index contributed by atoms with van der Waals surface area (Å²) in [6.45, 7) is 0. The van der Waals surface area contributed by atoms with Gasteiger partial charge in [-0.25, -0.2) is 0 Å². The van der Waals surface area contributed by atoms with E-state index in [1.54, 1.807) is 0 Å². The van der Waals surface area contributed by atoms with Gasteiger partial charge in [-0.3, -0.25) is 0 Å². The highest BCUT2D eigenvalue weighted by molar-refractivity contribution is 6.13. The van der Waals surface area contributed by atoms with Gasteiger partial charge in [0.2, 0.25) is 0 Å². The van der Waals surface area contributed by atoms with Crippen LogP contribution in [0.15, 0.2) is 138 Å². The van der Waals surface area contributed by atoms with Gasteiger partial charge >= 0.3 is 0 Å². The molecule has 2 aliphatic rings. The van der Waals surface area contributed by atoms with Crippen LogP contribution in [-0.4, -0.2) is 0 Å². The average molecular weight is 498 g/mol. The molecule has 2 heteroatoms. The smallest absolute Gasteiger partial charge is 0.143 e. The summed E-state index contributed by atoms with van der Waals surface area (Å²) < 4.78 is 6.62. The van der Waals surface area contributed by atoms with E-state index >= 15 is 0 Å². The molecule has 2 nitrogen and oxygen atoms in total. The normalized spacial score (nSPS) is 16.3. The van der Waals surface area contributed by atoms with Crippen molar-refractivity contribution in [3.63, 3.8) is 0 Å². The molecule has 1 heterocycles. The van der Waals surface area contributed by atoms with Crippen LogP contribution in [0.5, 0.6) is 0 Å². The van der Waals surface area contributed by atoms with E-state index in [9.17, 15) is 0 Å². The zero-order valence-corrected chi connectivity index (χ0v) is 21.1. The number of furan rings is 1. The molecule has 1 N–H and O–H groups in total. The van der Waals surface area contributed by atoms with Crippen LogP contribution in [0.3, 0.4) is 0 Å². The van der Waals surface area contributed by atoms with Gasteiger partial charge in [0.1, 0.15) is 11.2 Å². The lowest BCUT2D eigenvalue weighted by Crippen LogP contribution is -2.25. The van der Waals surface area contributed by atoms with E-state index in [-0.39, 0.29) is 0 Å². The van der Waals surface area contributed by atoms with Crippen LogP contribution in [0.4, 0.5) is 11.4 Å². The number of anilines is 2. The summed E-state index contributed by atoms with van der Waals surface area (Å²) in [4.78, 5) is 0. The Morgan fingerprint density at radius 2 is 1.15 bits per heavy atom. The van der Waals surface area contributed by atoms with Crippen LogP contribution in [0.1, 0.15) is 22.3 Å². The van der Waals surface area contributed by atoms with Gasteiger partial charge in [-0.15, -0.1) is 0 Å². The minimum atomic E-state index is -0.417. The second-order valence-electron chi connectivity index (χ2n) is 10.6. The molecule has 7 aromatic rings. The van der Waals surface area contributed by atoms with E-state index in [1.165, 1.54) is 49.9 Å². The average Bonchev–Trinajstić information content (AvgIpc) is 3.61. The first-order valence-corrected chi connectivity index (χ1v) is 13.4. The van der Waals surface area contributed by atoms with Crippen molar-refractivity contribution in [1.82, 2.24) is 0 Å². The molecule has 1 spiro atoms. The van der Waals surface area contributed by atoms with Crippen LogP contribution in [-0.2, 0) is 5.41 Å². The lowest BCUT2D eigenvalue weighted by atomic mass is 9.70. The third kappa shape index (κ3) is 2.60. The van der Waals surface area contributed by atoms with E-state index in [0.717, 1.165) is 27.9 Å². The lowest BCUT2D eigenvalue weighted by Gasteiger charge is -2.30. The molecule has 0 saturated carbocycles. The second kappa shape index (κ2) is 7.49. The van der Waals surface area contributed by atoms with Crippen LogP contribution >= 0.6 is 0 Å². The van der Waals surface area contributed by atoms with Gasteiger partial charge < -0.3 is 9.73 Å². The molecule has 0 saturated heterocycles. The van der Waals surface area contributed by atoms with E-state index in [1.807, 2.05) is 12.1 Å². The molecular weight excluding hydrogens is 474 g/mol. The highest BCUT2D eigenvalue weighted by Crippen LogP contribution is 2.64. The number of hydrogen-bond acceptors (Lipinski definition) is 2. The zero-order chi connectivity index (χ0) is 25.6. The molecule has 39 heavy (non-hydrogen) atoms. The number of nitrogens with one attached hydrogen (secondary N) is 1. The molecule has 0 radical (unpaired) electrons. The Bertz CT molecular complexity index is 2100. The van der Waals surface area contributed by atoms with Crippen LogP contribution in [0.25, 0.3) is 44.2 Å². The van der Waals surface area contributed by atoms with Crippen LogP contribution < -0.4 is 5.32 Å². The summed E-state index contributed by atoms with van der Waals surface area (Å²) in [6.07, 6.45) is 0. The Morgan fingerprint density at radius 3 is 2.03 bits per heavy atom. The SMILES string of the molecule is c1ccc(Nc2ccc3c(c2)C2(c4ccccc4-3)c3ccccc3-c3c2ccc2c3oc3ccccc32)cc1. The molecule has 2 aliphatic carbocycles. The Labute approximate surface area is 226 Å². The predicted molar refractivity (Wildman–Crippen MR) is 160 cm³/mol. The summed E-state index contributed by atoms with van der Waals surface area (Å²) in [7, 11) is 0. The predicted octanol–water partition coefficient (Wildman–Crippen LogP) is 9.67. The fraction of sp³-hybridized carbons (Fsp3) is 0.0270. The Morgan fingerprint density at radius 1 is 0.462 bits per heavy atom. The number of hydrogen-bond donors (Lipinski definition) is 1. The van der Waals surface area contributed by atoms with Gasteiger partial charge in [-0.2, -0.15) is 0 Å². The molecule has 1 unspecified atom stereocenters. The van der Waals surface area contributed by atoms with Gasteiger partial charge in [-0.05, 0) is 69.3 Å². The van der Waals surface area contributed by atoms with Gasteiger partial charge in [0.05, 0.1) is 5.41 Å². The number of fused-ring (bicyclic) bond motifs is 14. The molecule has 1 atom stereocenters. The number of benzene rings is 6. The van der Waals surface area contributed by atoms with E-state index in [4.69, 9.17) is 4.42 Å². The van der Waals surface area contributed by atoms with Gasteiger partial charge in [0.15, 0.2) is 0 Å². The summed E-state index contributed by atoms with van der Waals surface area (Å²) in [5.74, 6) is 0. The Balaban J connectivity index is 1.40. The van der Waals surface area contributed by atoms with Crippen molar-refractivity contribution in [2.45, 2.75) is 5.41 Å². The standard InChI is InChI=1S/C37H23NO/c1-2-10-23(11-3-1)38-24-18-19-26-25-12-4-7-15-30(25)37(33(26)22-24)31-16-8-5-14-29(31)35-32(37)21-20-28-27-13-6-9-17-34(27)39-36(28)35/h1-22,38H. The third-order valence-electron chi connectivity index (χ3n) is 8.66. The van der Waals surface area contributed by atoms with Crippen molar-refractivity contribution in [1.29, 1.82) is 0 Å². The first-order valence-electron chi connectivity index (χ1n) is 13.4. The Hall–Kier alpha value is -5.08. The van der Waals surface area contributed by atoms with Crippen molar-refractivity contribution in [2.75, 3.05) is 5.32 Å². The maximum Gasteiger partial charge on any atom is 0.143 e. The zero-order valence-electron chi connectivity index (χ0n) is 21.1. The number of rotatable bonds is 2. The van der Waals surface area contributed by atoms with Crippen molar-refractivity contribution >= 4 is 33.3 Å². The van der Waals surface area contributed by atoms with Crippen molar-refractivity contribution in [2.24, 2.45) is 0 Å². The van der Waals surface area contributed by atoms with Crippen molar-refractivity contribution in [3.8, 4) is 22.3 Å².